The average Bonchev–Trinajstić information content (AvgIpc) is 2.39. The summed E-state index contributed by atoms with van der Waals surface area (Å²) in [6.07, 6.45) is -1.26. The molecule has 5 heteroatoms. The maximum absolute atomic E-state index is 13.7. The molecule has 0 radical (unpaired) electrons. The number of halogens is 1. The van der Waals surface area contributed by atoms with E-state index in [2.05, 4.69) is 0 Å². The van der Waals surface area contributed by atoms with Gasteiger partial charge in [0, 0.05) is 23.1 Å². The van der Waals surface area contributed by atoms with Gasteiger partial charge in [0.05, 0.1) is 19.8 Å². The predicted octanol–water partition coefficient (Wildman–Crippen LogP) is 2.00. The third-order valence-electron chi connectivity index (χ3n) is 2.72. The van der Waals surface area contributed by atoms with Crippen LogP contribution >= 0.6 is 11.8 Å². The summed E-state index contributed by atoms with van der Waals surface area (Å²) >= 11 is 1.71. The van der Waals surface area contributed by atoms with Gasteiger partial charge in [0.2, 0.25) is 0 Å². The Kier molecular flexibility index (Phi) is 4.25. The summed E-state index contributed by atoms with van der Waals surface area (Å²) in [4.78, 5) is 0. The lowest BCUT2D eigenvalue weighted by Gasteiger charge is -2.27. The Morgan fingerprint density at radius 3 is 3.00 bits per heavy atom. The summed E-state index contributed by atoms with van der Waals surface area (Å²) in [5, 5.41) is 10.1. The maximum Gasteiger partial charge on any atom is 0.132 e. The van der Waals surface area contributed by atoms with Crippen LogP contribution in [0.25, 0.3) is 0 Å². The molecule has 0 amide bonds. The van der Waals surface area contributed by atoms with Crippen LogP contribution in [0.15, 0.2) is 18.2 Å². The van der Waals surface area contributed by atoms with Crippen LogP contribution in [0.1, 0.15) is 11.7 Å². The van der Waals surface area contributed by atoms with Crippen LogP contribution < -0.4 is 4.74 Å². The summed E-state index contributed by atoms with van der Waals surface area (Å²) < 4.78 is 24.1. The zero-order valence-electron chi connectivity index (χ0n) is 9.56. The minimum atomic E-state index is -0.922. The number of benzene rings is 1. The minimum absolute atomic E-state index is 0.262. The van der Waals surface area contributed by atoms with Gasteiger partial charge >= 0.3 is 0 Å². The zero-order chi connectivity index (χ0) is 12.3. The largest absolute Gasteiger partial charge is 0.497 e. The van der Waals surface area contributed by atoms with Gasteiger partial charge in [-0.05, 0) is 12.1 Å². The molecule has 1 saturated heterocycles. The van der Waals surface area contributed by atoms with Gasteiger partial charge in [-0.25, -0.2) is 4.39 Å². The molecule has 2 rings (SSSR count). The Bertz CT molecular complexity index is 380. The van der Waals surface area contributed by atoms with E-state index in [1.807, 2.05) is 0 Å². The van der Waals surface area contributed by atoms with Gasteiger partial charge in [-0.3, -0.25) is 0 Å². The highest BCUT2D eigenvalue weighted by Gasteiger charge is 2.26. The highest BCUT2D eigenvalue weighted by molar-refractivity contribution is 7.99. The Morgan fingerprint density at radius 2 is 2.41 bits per heavy atom. The predicted molar refractivity (Wildman–Crippen MR) is 65.0 cm³/mol. The SMILES string of the molecule is COc1ccc(C(O)C2CSCCO2)c(F)c1. The monoisotopic (exact) mass is 258 g/mol. The number of thioether (sulfide) groups is 1. The summed E-state index contributed by atoms with van der Waals surface area (Å²) in [6, 6.07) is 4.45. The van der Waals surface area contributed by atoms with Gasteiger partial charge in [0.15, 0.2) is 0 Å². The molecular weight excluding hydrogens is 243 g/mol. The van der Waals surface area contributed by atoms with Crippen molar-refractivity contribution < 1.29 is 19.0 Å². The van der Waals surface area contributed by atoms with Crippen molar-refractivity contribution in [2.75, 3.05) is 25.2 Å². The first-order chi connectivity index (χ1) is 8.22. The number of rotatable bonds is 3. The van der Waals surface area contributed by atoms with Crippen LogP contribution in [0.3, 0.4) is 0 Å². The highest BCUT2D eigenvalue weighted by Crippen LogP contribution is 2.28. The molecule has 1 fully saturated rings. The highest BCUT2D eigenvalue weighted by atomic mass is 32.2. The molecule has 0 aromatic heterocycles. The molecule has 0 bridgehead atoms. The van der Waals surface area contributed by atoms with Crippen molar-refractivity contribution in [1.82, 2.24) is 0 Å². The van der Waals surface area contributed by atoms with Crippen LogP contribution in [-0.2, 0) is 4.74 Å². The fraction of sp³-hybridized carbons (Fsp3) is 0.500. The first-order valence-electron chi connectivity index (χ1n) is 5.43. The van der Waals surface area contributed by atoms with Crippen LogP contribution in [0.5, 0.6) is 5.75 Å². The van der Waals surface area contributed by atoms with Crippen molar-refractivity contribution in [3.63, 3.8) is 0 Å². The van der Waals surface area contributed by atoms with Crippen molar-refractivity contribution in [2.24, 2.45) is 0 Å². The van der Waals surface area contributed by atoms with Crippen molar-refractivity contribution in [3.05, 3.63) is 29.6 Å². The fourth-order valence-corrected chi connectivity index (χ4v) is 2.65. The maximum atomic E-state index is 13.7. The summed E-state index contributed by atoms with van der Waals surface area (Å²) in [5.41, 5.74) is 0.262. The van der Waals surface area contributed by atoms with Crippen LogP contribution in [-0.4, -0.2) is 36.4 Å². The molecular formula is C12H15FO3S. The average molecular weight is 258 g/mol. The van der Waals surface area contributed by atoms with Gasteiger partial charge in [0.1, 0.15) is 17.7 Å². The van der Waals surface area contributed by atoms with Crippen LogP contribution in [0.4, 0.5) is 4.39 Å². The van der Waals surface area contributed by atoms with E-state index in [-0.39, 0.29) is 11.7 Å². The molecule has 3 nitrogen and oxygen atoms in total. The van der Waals surface area contributed by atoms with Crippen molar-refractivity contribution in [2.45, 2.75) is 12.2 Å². The lowest BCUT2D eigenvalue weighted by atomic mass is 10.0. The second-order valence-corrected chi connectivity index (χ2v) is 4.97. The van der Waals surface area contributed by atoms with E-state index >= 15 is 0 Å². The lowest BCUT2D eigenvalue weighted by molar-refractivity contribution is -0.0242. The van der Waals surface area contributed by atoms with Crippen LogP contribution in [0, 0.1) is 5.82 Å². The molecule has 1 aliphatic rings. The van der Waals surface area contributed by atoms with Gasteiger partial charge in [-0.1, -0.05) is 0 Å². The Morgan fingerprint density at radius 1 is 1.59 bits per heavy atom. The van der Waals surface area contributed by atoms with Gasteiger partial charge in [0.25, 0.3) is 0 Å². The number of aliphatic hydroxyl groups excluding tert-OH is 1. The molecule has 1 aliphatic heterocycles. The minimum Gasteiger partial charge on any atom is -0.497 e. The molecule has 1 heterocycles. The number of ether oxygens (including phenoxy) is 2. The number of hydrogen-bond acceptors (Lipinski definition) is 4. The Balaban J connectivity index is 2.15. The first-order valence-corrected chi connectivity index (χ1v) is 6.58. The molecule has 94 valence electrons. The zero-order valence-corrected chi connectivity index (χ0v) is 10.4. The van der Waals surface area contributed by atoms with Crippen molar-refractivity contribution >= 4 is 11.8 Å². The second kappa shape index (κ2) is 5.71. The number of aliphatic hydroxyl groups is 1. The van der Waals surface area contributed by atoms with Crippen molar-refractivity contribution in [3.8, 4) is 5.75 Å². The van der Waals surface area contributed by atoms with E-state index in [1.54, 1.807) is 23.9 Å². The van der Waals surface area contributed by atoms with Gasteiger partial charge in [-0.2, -0.15) is 11.8 Å². The topological polar surface area (TPSA) is 38.7 Å². The smallest absolute Gasteiger partial charge is 0.132 e. The first kappa shape index (κ1) is 12.7. The number of hydrogen-bond donors (Lipinski definition) is 1. The molecule has 1 N–H and O–H groups in total. The van der Waals surface area contributed by atoms with E-state index in [0.717, 1.165) is 5.75 Å². The van der Waals surface area contributed by atoms with E-state index in [9.17, 15) is 9.50 Å². The van der Waals surface area contributed by atoms with Crippen LogP contribution in [0.2, 0.25) is 0 Å². The molecule has 0 aliphatic carbocycles. The summed E-state index contributed by atoms with van der Waals surface area (Å²) in [6.45, 7) is 0.601. The van der Waals surface area contributed by atoms with Gasteiger partial charge in [-0.15, -0.1) is 0 Å². The molecule has 2 atom stereocenters. The Labute approximate surface area is 104 Å². The standard InChI is InChI=1S/C12H15FO3S/c1-15-8-2-3-9(10(13)6-8)12(14)11-7-17-5-4-16-11/h2-3,6,11-12,14H,4-5,7H2,1H3. The van der Waals surface area contributed by atoms with E-state index < -0.39 is 11.9 Å². The summed E-state index contributed by atoms with van der Waals surface area (Å²) in [7, 11) is 1.48. The normalized spacial score (nSPS) is 22.2. The number of methoxy groups -OCH3 is 1. The van der Waals surface area contributed by atoms with E-state index in [4.69, 9.17) is 9.47 Å². The molecule has 2 unspecified atom stereocenters. The summed E-state index contributed by atoms with van der Waals surface area (Å²) in [5.74, 6) is 1.59. The molecule has 0 saturated carbocycles. The molecule has 1 aromatic carbocycles. The lowest BCUT2D eigenvalue weighted by Crippen LogP contribution is -2.30. The van der Waals surface area contributed by atoms with E-state index in [0.29, 0.717) is 18.1 Å². The molecule has 0 spiro atoms. The third kappa shape index (κ3) is 2.91. The third-order valence-corrected chi connectivity index (χ3v) is 3.74. The molecule has 17 heavy (non-hydrogen) atoms. The molecule has 1 aromatic rings. The van der Waals surface area contributed by atoms with Crippen molar-refractivity contribution in [1.29, 1.82) is 0 Å². The second-order valence-electron chi connectivity index (χ2n) is 3.82. The Hall–Kier alpha value is -0.780. The quantitative estimate of drug-likeness (QED) is 0.900. The van der Waals surface area contributed by atoms with E-state index in [1.165, 1.54) is 13.2 Å². The van der Waals surface area contributed by atoms with Gasteiger partial charge < -0.3 is 14.6 Å². The fourth-order valence-electron chi connectivity index (χ4n) is 1.76.